The van der Waals surface area contributed by atoms with Gasteiger partial charge in [-0.15, -0.1) is 11.3 Å². The van der Waals surface area contributed by atoms with Crippen molar-refractivity contribution in [3.63, 3.8) is 0 Å². The highest BCUT2D eigenvalue weighted by molar-refractivity contribution is 7.15. The number of carbonyl (C=O) groups is 1. The lowest BCUT2D eigenvalue weighted by Crippen LogP contribution is -2.20. The Morgan fingerprint density at radius 1 is 1.26 bits per heavy atom. The van der Waals surface area contributed by atoms with E-state index in [1.165, 1.54) is 18.3 Å². The minimum Gasteiger partial charge on any atom is -0.358 e. The molecule has 0 unspecified atom stereocenters. The third-order valence-corrected chi connectivity index (χ3v) is 4.07. The van der Waals surface area contributed by atoms with E-state index in [-0.39, 0.29) is 5.69 Å². The maximum absolute atomic E-state index is 12.0. The first-order valence-electron chi connectivity index (χ1n) is 6.30. The average molecular weight is 340 g/mol. The van der Waals surface area contributed by atoms with Crippen LogP contribution in [0.3, 0.4) is 0 Å². The molecule has 2 aromatic rings. The van der Waals surface area contributed by atoms with Crippen LogP contribution in [-0.2, 0) is 11.3 Å². The lowest BCUT2D eigenvalue weighted by Gasteiger charge is -2.00. The third-order valence-electron chi connectivity index (χ3n) is 3.08. The molecule has 2 heterocycles. The van der Waals surface area contributed by atoms with Crippen LogP contribution in [0.1, 0.15) is 16.3 Å². The summed E-state index contributed by atoms with van der Waals surface area (Å²) in [4.78, 5) is 37.0. The highest BCUT2D eigenvalue weighted by Gasteiger charge is 2.35. The van der Waals surface area contributed by atoms with Gasteiger partial charge in [0.15, 0.2) is 5.13 Å². The Balaban J connectivity index is 2.22. The summed E-state index contributed by atoms with van der Waals surface area (Å²) in [5.74, 6) is -1.42. The fourth-order valence-electron chi connectivity index (χ4n) is 1.83. The normalized spacial score (nSPS) is 10.6. The number of anilines is 1. The van der Waals surface area contributed by atoms with E-state index in [2.05, 4.69) is 15.4 Å². The molecule has 1 N–H and O–H groups in total. The van der Waals surface area contributed by atoms with Gasteiger partial charge in [-0.25, -0.2) is 4.98 Å². The molecule has 2 aromatic heterocycles. The molecule has 0 fully saturated rings. The topological polar surface area (TPSA) is 146 Å². The molecule has 122 valence electrons. The first kappa shape index (κ1) is 16.5. The van der Waals surface area contributed by atoms with Crippen LogP contribution in [0.5, 0.6) is 0 Å². The first-order valence-corrected chi connectivity index (χ1v) is 7.12. The molecule has 0 radical (unpaired) electrons. The number of aryl methyl sites for hydroxylation is 2. The number of carbonyl (C=O) groups excluding carboxylic acids is 1. The van der Waals surface area contributed by atoms with E-state index in [1.807, 2.05) is 6.92 Å². The zero-order chi connectivity index (χ0) is 17.3. The van der Waals surface area contributed by atoms with Crippen molar-refractivity contribution in [1.82, 2.24) is 14.8 Å². The van der Waals surface area contributed by atoms with E-state index < -0.39 is 33.8 Å². The van der Waals surface area contributed by atoms with Gasteiger partial charge in [0.2, 0.25) is 5.91 Å². The lowest BCUT2D eigenvalue weighted by atomic mass is 10.4. The fourth-order valence-corrected chi connectivity index (χ4v) is 2.66. The highest BCUT2D eigenvalue weighted by Crippen LogP contribution is 2.29. The zero-order valence-electron chi connectivity index (χ0n) is 12.4. The molecule has 0 aliphatic heterocycles. The summed E-state index contributed by atoms with van der Waals surface area (Å²) >= 11 is 1.29. The molecule has 12 heteroatoms. The van der Waals surface area contributed by atoms with Gasteiger partial charge in [-0.1, -0.05) is 0 Å². The Bertz CT molecular complexity index is 791. The SMILES string of the molecule is Cc1nc(NC(=O)Cn2nc([N+](=O)[O-])c([N+](=O)[O-])c2C)sc1C. The summed E-state index contributed by atoms with van der Waals surface area (Å²) in [6.45, 7) is 4.56. The minimum absolute atomic E-state index is 0.0663. The Morgan fingerprint density at radius 3 is 2.35 bits per heavy atom. The van der Waals surface area contributed by atoms with Crippen molar-refractivity contribution in [2.45, 2.75) is 27.3 Å². The number of nitrogens with one attached hydrogen (secondary N) is 1. The van der Waals surface area contributed by atoms with Crippen molar-refractivity contribution in [2.24, 2.45) is 0 Å². The fraction of sp³-hybridized carbons (Fsp3) is 0.364. The molecule has 0 atom stereocenters. The van der Waals surface area contributed by atoms with Crippen molar-refractivity contribution in [1.29, 1.82) is 0 Å². The van der Waals surface area contributed by atoms with Gasteiger partial charge < -0.3 is 15.4 Å². The van der Waals surface area contributed by atoms with Crippen LogP contribution in [0.25, 0.3) is 0 Å². The molecular weight excluding hydrogens is 328 g/mol. The lowest BCUT2D eigenvalue weighted by molar-refractivity contribution is -0.424. The van der Waals surface area contributed by atoms with Crippen LogP contribution in [0.2, 0.25) is 0 Å². The molecular formula is C11H12N6O5S. The number of nitrogens with zero attached hydrogens (tertiary/aromatic N) is 5. The number of hydrogen-bond donors (Lipinski definition) is 1. The van der Waals surface area contributed by atoms with Crippen molar-refractivity contribution in [3.05, 3.63) is 36.5 Å². The summed E-state index contributed by atoms with van der Waals surface area (Å²) in [6, 6.07) is 0. The van der Waals surface area contributed by atoms with Crippen molar-refractivity contribution >= 4 is 33.9 Å². The van der Waals surface area contributed by atoms with Crippen LogP contribution in [0.4, 0.5) is 16.6 Å². The summed E-state index contributed by atoms with van der Waals surface area (Å²) in [6.07, 6.45) is 0. The Labute approximate surface area is 133 Å². The first-order chi connectivity index (χ1) is 10.7. The van der Waals surface area contributed by atoms with Gasteiger partial charge in [-0.05, 0) is 25.7 Å². The molecule has 2 rings (SSSR count). The molecule has 1 amide bonds. The second kappa shape index (κ2) is 6.08. The highest BCUT2D eigenvalue weighted by atomic mass is 32.1. The Kier molecular flexibility index (Phi) is 4.36. The van der Waals surface area contributed by atoms with E-state index in [0.29, 0.717) is 5.13 Å². The molecule has 0 aliphatic rings. The van der Waals surface area contributed by atoms with Gasteiger partial charge in [-0.3, -0.25) is 14.9 Å². The van der Waals surface area contributed by atoms with E-state index in [0.717, 1.165) is 15.3 Å². The summed E-state index contributed by atoms with van der Waals surface area (Å²) in [5, 5.41) is 28.2. The Morgan fingerprint density at radius 2 is 1.91 bits per heavy atom. The molecule has 0 aliphatic carbocycles. The van der Waals surface area contributed by atoms with Gasteiger partial charge >= 0.3 is 11.5 Å². The molecule has 0 spiro atoms. The van der Waals surface area contributed by atoms with Gasteiger partial charge in [0, 0.05) is 4.88 Å². The second-order valence-electron chi connectivity index (χ2n) is 4.64. The van der Waals surface area contributed by atoms with Crippen LogP contribution in [0, 0.1) is 41.0 Å². The van der Waals surface area contributed by atoms with Crippen LogP contribution < -0.4 is 5.32 Å². The quantitative estimate of drug-likeness (QED) is 0.643. The zero-order valence-corrected chi connectivity index (χ0v) is 13.2. The van der Waals surface area contributed by atoms with Crippen LogP contribution >= 0.6 is 11.3 Å². The van der Waals surface area contributed by atoms with Crippen LogP contribution in [0.15, 0.2) is 0 Å². The van der Waals surface area contributed by atoms with E-state index >= 15 is 0 Å². The van der Waals surface area contributed by atoms with Crippen molar-refractivity contribution in [2.75, 3.05) is 5.32 Å². The number of amides is 1. The van der Waals surface area contributed by atoms with E-state index in [4.69, 9.17) is 0 Å². The van der Waals surface area contributed by atoms with E-state index in [9.17, 15) is 25.0 Å². The smallest absolute Gasteiger partial charge is 0.358 e. The molecule has 0 aromatic carbocycles. The van der Waals surface area contributed by atoms with Crippen LogP contribution in [-0.4, -0.2) is 30.5 Å². The summed E-state index contributed by atoms with van der Waals surface area (Å²) in [5.41, 5.74) is -0.000988. The predicted molar refractivity (Wildman–Crippen MR) is 80.5 cm³/mol. The van der Waals surface area contributed by atoms with E-state index in [1.54, 1.807) is 6.92 Å². The van der Waals surface area contributed by atoms with Crippen molar-refractivity contribution < 1.29 is 14.6 Å². The van der Waals surface area contributed by atoms with Gasteiger partial charge in [-0.2, -0.15) is 4.68 Å². The third kappa shape index (κ3) is 3.31. The molecule has 0 saturated carbocycles. The predicted octanol–water partition coefficient (Wildman–Crippen LogP) is 1.72. The maximum atomic E-state index is 12.0. The average Bonchev–Trinajstić information content (AvgIpc) is 2.91. The van der Waals surface area contributed by atoms with Gasteiger partial charge in [0.25, 0.3) is 0 Å². The minimum atomic E-state index is -0.951. The Hall–Kier alpha value is -2.89. The largest absolute Gasteiger partial charge is 0.468 e. The number of nitro groups is 2. The number of hydrogen-bond acceptors (Lipinski definition) is 8. The molecule has 0 saturated heterocycles. The summed E-state index contributed by atoms with van der Waals surface area (Å²) in [7, 11) is 0. The monoisotopic (exact) mass is 340 g/mol. The number of aromatic nitrogens is 3. The van der Waals surface area contributed by atoms with Gasteiger partial charge in [0.1, 0.15) is 12.2 Å². The number of rotatable bonds is 5. The second-order valence-corrected chi connectivity index (χ2v) is 5.84. The number of thiazole rings is 1. The molecule has 23 heavy (non-hydrogen) atoms. The molecule has 11 nitrogen and oxygen atoms in total. The van der Waals surface area contributed by atoms with Gasteiger partial charge in [0.05, 0.1) is 15.7 Å². The van der Waals surface area contributed by atoms with Crippen molar-refractivity contribution in [3.8, 4) is 0 Å². The summed E-state index contributed by atoms with van der Waals surface area (Å²) < 4.78 is 0.929. The molecule has 0 bridgehead atoms. The standard InChI is InChI=1S/C11H12N6O5S/c1-5-7(3)23-11(12-5)13-8(18)4-15-6(2)9(16(19)20)10(14-15)17(21)22/h4H2,1-3H3,(H,12,13,18). The maximum Gasteiger partial charge on any atom is 0.468 e.